The van der Waals surface area contributed by atoms with E-state index in [4.69, 9.17) is 4.74 Å². The third-order valence-corrected chi connectivity index (χ3v) is 4.99. The quantitative estimate of drug-likeness (QED) is 0.615. The van der Waals surface area contributed by atoms with Crippen LogP contribution in [0.2, 0.25) is 0 Å². The predicted octanol–water partition coefficient (Wildman–Crippen LogP) is 0.847. The molecular weight excluding hydrogens is 272 g/mol. The van der Waals surface area contributed by atoms with Crippen molar-refractivity contribution >= 4 is 34.2 Å². The van der Waals surface area contributed by atoms with Crippen LogP contribution in [-0.4, -0.2) is 55.7 Å². The van der Waals surface area contributed by atoms with Gasteiger partial charge >= 0.3 is 5.97 Å². The molecule has 18 heavy (non-hydrogen) atoms. The summed E-state index contributed by atoms with van der Waals surface area (Å²) < 4.78 is 5.62. The number of ether oxygens (including phenoxy) is 1. The maximum absolute atomic E-state index is 11.7. The highest BCUT2D eigenvalue weighted by Gasteiger charge is 2.33. The number of esters is 1. The third kappa shape index (κ3) is 3.56. The summed E-state index contributed by atoms with van der Waals surface area (Å²) >= 11 is 2.99. The number of anilines is 1. The van der Waals surface area contributed by atoms with Gasteiger partial charge in [0.15, 0.2) is 4.34 Å². The third-order valence-electron chi connectivity index (χ3n) is 2.45. The highest BCUT2D eigenvalue weighted by Crippen LogP contribution is 2.29. The van der Waals surface area contributed by atoms with Gasteiger partial charge in [-0.1, -0.05) is 23.1 Å². The second kappa shape index (κ2) is 6.35. The van der Waals surface area contributed by atoms with Crippen LogP contribution < -0.4 is 10.2 Å². The smallest absolute Gasteiger partial charge is 0.326 e. The lowest BCUT2D eigenvalue weighted by Gasteiger charge is -2.24. The summed E-state index contributed by atoms with van der Waals surface area (Å²) in [6.45, 7) is 1.81. The zero-order valence-corrected chi connectivity index (χ0v) is 12.8. The average molecular weight is 290 g/mol. The van der Waals surface area contributed by atoms with E-state index in [1.54, 1.807) is 14.0 Å². The largest absolute Gasteiger partial charge is 0.468 e. The Bertz CT molecular complexity index is 410. The number of aromatic nitrogens is 2. The molecule has 1 rings (SSSR count). The van der Waals surface area contributed by atoms with Gasteiger partial charge in [-0.05, 0) is 14.0 Å². The number of carbonyl (C=O) groups excluding carboxylic acids is 1. The fraction of sp³-hybridized carbons (Fsp3) is 0.700. The first-order chi connectivity index (χ1) is 8.42. The molecule has 0 bridgehead atoms. The van der Waals surface area contributed by atoms with Crippen molar-refractivity contribution in [2.24, 2.45) is 0 Å². The molecule has 0 radical (unpaired) electrons. The highest BCUT2D eigenvalue weighted by molar-refractivity contribution is 8.01. The normalized spacial score (nSPS) is 14.1. The average Bonchev–Trinajstić information content (AvgIpc) is 2.84. The maximum Gasteiger partial charge on any atom is 0.326 e. The summed E-state index contributed by atoms with van der Waals surface area (Å²) in [6, 6.07) is 0. The first-order valence-corrected chi connectivity index (χ1v) is 7.14. The molecule has 1 N–H and O–H groups in total. The van der Waals surface area contributed by atoms with Gasteiger partial charge in [-0.15, -0.1) is 10.2 Å². The number of nitrogens with one attached hydrogen (secondary N) is 1. The number of likely N-dealkylation sites (N-methyl/N-ethyl adjacent to an activating group) is 1. The molecule has 0 aliphatic heterocycles. The molecule has 1 aromatic rings. The second-order valence-corrected chi connectivity index (χ2v) is 6.29. The molecule has 0 fully saturated rings. The molecule has 1 atom stereocenters. The SMILES string of the molecule is CNC(C)(CSc1nnc(N(C)C)s1)C(=O)OC. The Morgan fingerprint density at radius 3 is 2.67 bits per heavy atom. The lowest BCUT2D eigenvalue weighted by Crippen LogP contribution is -2.50. The van der Waals surface area contributed by atoms with Gasteiger partial charge in [-0.2, -0.15) is 0 Å². The van der Waals surface area contributed by atoms with Crippen molar-refractivity contribution in [1.29, 1.82) is 0 Å². The molecule has 1 heterocycles. The van der Waals surface area contributed by atoms with E-state index in [9.17, 15) is 4.79 Å². The van der Waals surface area contributed by atoms with Crippen molar-refractivity contribution in [2.75, 3.05) is 38.9 Å². The molecule has 0 saturated carbocycles. The Morgan fingerprint density at radius 1 is 1.56 bits per heavy atom. The summed E-state index contributed by atoms with van der Waals surface area (Å²) in [5, 5.41) is 11.9. The molecule has 0 saturated heterocycles. The van der Waals surface area contributed by atoms with Crippen LogP contribution in [0.25, 0.3) is 0 Å². The molecule has 0 aromatic carbocycles. The van der Waals surface area contributed by atoms with Gasteiger partial charge in [0.05, 0.1) is 7.11 Å². The number of rotatable bonds is 6. The van der Waals surface area contributed by atoms with Crippen molar-refractivity contribution in [3.8, 4) is 0 Å². The van der Waals surface area contributed by atoms with E-state index in [1.807, 2.05) is 19.0 Å². The van der Waals surface area contributed by atoms with Gasteiger partial charge in [-0.25, -0.2) is 0 Å². The minimum Gasteiger partial charge on any atom is -0.468 e. The number of hydrogen-bond donors (Lipinski definition) is 1. The van der Waals surface area contributed by atoms with Gasteiger partial charge in [-0.3, -0.25) is 4.79 Å². The lowest BCUT2D eigenvalue weighted by atomic mass is 10.1. The first-order valence-electron chi connectivity index (χ1n) is 5.34. The molecule has 102 valence electrons. The molecular formula is C10H18N4O2S2. The van der Waals surface area contributed by atoms with Crippen molar-refractivity contribution in [3.63, 3.8) is 0 Å². The summed E-state index contributed by atoms with van der Waals surface area (Å²) in [4.78, 5) is 13.6. The number of methoxy groups -OCH3 is 1. The van der Waals surface area contributed by atoms with Crippen LogP contribution in [0.3, 0.4) is 0 Å². The topological polar surface area (TPSA) is 67.4 Å². The monoisotopic (exact) mass is 290 g/mol. The van der Waals surface area contributed by atoms with Crippen LogP contribution in [0.15, 0.2) is 4.34 Å². The van der Waals surface area contributed by atoms with Gasteiger partial charge in [0.2, 0.25) is 5.13 Å². The van der Waals surface area contributed by atoms with Crippen molar-refractivity contribution in [2.45, 2.75) is 16.8 Å². The summed E-state index contributed by atoms with van der Waals surface area (Å²) in [6.07, 6.45) is 0. The molecule has 1 aromatic heterocycles. The van der Waals surface area contributed by atoms with E-state index in [0.29, 0.717) is 5.75 Å². The number of carbonyl (C=O) groups is 1. The summed E-state index contributed by atoms with van der Waals surface area (Å²) in [5.74, 6) is 0.257. The Kier molecular flexibility index (Phi) is 5.36. The van der Waals surface area contributed by atoms with E-state index in [-0.39, 0.29) is 5.97 Å². The molecule has 1 unspecified atom stereocenters. The van der Waals surface area contributed by atoms with Crippen LogP contribution in [0.1, 0.15) is 6.92 Å². The van der Waals surface area contributed by atoms with Crippen LogP contribution in [-0.2, 0) is 9.53 Å². The number of thioether (sulfide) groups is 1. The zero-order chi connectivity index (χ0) is 13.8. The molecule has 0 aliphatic carbocycles. The summed E-state index contributed by atoms with van der Waals surface area (Å²) in [7, 11) is 6.96. The number of nitrogens with zero attached hydrogens (tertiary/aromatic N) is 3. The molecule has 0 spiro atoms. The van der Waals surface area contributed by atoms with E-state index in [0.717, 1.165) is 9.47 Å². The standard InChI is InChI=1S/C10H18N4O2S2/c1-10(11-2,7(15)16-5)6-17-9-13-12-8(18-9)14(3)4/h11H,6H2,1-5H3. The van der Waals surface area contributed by atoms with Crippen molar-refractivity contribution in [1.82, 2.24) is 15.5 Å². The minimum absolute atomic E-state index is 0.283. The summed E-state index contributed by atoms with van der Waals surface area (Å²) in [5.41, 5.74) is -0.719. The van der Waals surface area contributed by atoms with Crippen LogP contribution in [0, 0.1) is 0 Å². The second-order valence-electron chi connectivity index (χ2n) is 4.11. The fourth-order valence-corrected chi connectivity index (χ4v) is 3.02. The van der Waals surface area contributed by atoms with Gasteiger partial charge in [0, 0.05) is 19.8 Å². The Balaban J connectivity index is 2.65. The fourth-order valence-electron chi connectivity index (χ4n) is 1.11. The lowest BCUT2D eigenvalue weighted by molar-refractivity contribution is -0.146. The zero-order valence-electron chi connectivity index (χ0n) is 11.2. The van der Waals surface area contributed by atoms with E-state index in [1.165, 1.54) is 30.2 Å². The van der Waals surface area contributed by atoms with Crippen molar-refractivity contribution in [3.05, 3.63) is 0 Å². The maximum atomic E-state index is 11.7. The molecule has 0 amide bonds. The molecule has 6 nitrogen and oxygen atoms in total. The Labute approximate surface area is 115 Å². The van der Waals surface area contributed by atoms with Gasteiger partial charge < -0.3 is 15.0 Å². The highest BCUT2D eigenvalue weighted by atomic mass is 32.2. The van der Waals surface area contributed by atoms with Crippen LogP contribution in [0.4, 0.5) is 5.13 Å². The van der Waals surface area contributed by atoms with Crippen LogP contribution >= 0.6 is 23.1 Å². The minimum atomic E-state index is -0.719. The number of hydrogen-bond acceptors (Lipinski definition) is 8. The Hall–Kier alpha value is -0.860. The van der Waals surface area contributed by atoms with Crippen molar-refractivity contribution < 1.29 is 9.53 Å². The predicted molar refractivity (Wildman–Crippen MR) is 74.4 cm³/mol. The Morgan fingerprint density at radius 2 is 2.22 bits per heavy atom. The molecule has 0 aliphatic rings. The van der Waals surface area contributed by atoms with Gasteiger partial charge in [0.1, 0.15) is 5.54 Å². The molecule has 8 heteroatoms. The van der Waals surface area contributed by atoms with E-state index < -0.39 is 5.54 Å². The first kappa shape index (κ1) is 15.2. The van der Waals surface area contributed by atoms with E-state index >= 15 is 0 Å². The van der Waals surface area contributed by atoms with E-state index in [2.05, 4.69) is 15.5 Å². The van der Waals surface area contributed by atoms with Crippen LogP contribution in [0.5, 0.6) is 0 Å². The van der Waals surface area contributed by atoms with Gasteiger partial charge in [0.25, 0.3) is 0 Å².